The van der Waals surface area contributed by atoms with Gasteiger partial charge in [0, 0.05) is 11.8 Å². The van der Waals surface area contributed by atoms with Crippen molar-refractivity contribution in [1.82, 2.24) is 15.1 Å². The molecule has 1 fully saturated rings. The number of carbonyl (C=O) groups excluding carboxylic acids is 2. The minimum Gasteiger partial charge on any atom is -0.343 e. The second-order valence-corrected chi connectivity index (χ2v) is 9.60. The third kappa shape index (κ3) is 5.80. The number of rotatable bonds is 9. The van der Waals surface area contributed by atoms with Crippen LogP contribution < -0.4 is 5.32 Å². The number of aldehydes is 1. The van der Waals surface area contributed by atoms with Crippen molar-refractivity contribution in [1.29, 1.82) is 0 Å². The lowest BCUT2D eigenvalue weighted by molar-refractivity contribution is 0.0930. The van der Waals surface area contributed by atoms with Crippen LogP contribution in [0.1, 0.15) is 82.4 Å². The molecular weight excluding hydrogens is 477 g/mol. The van der Waals surface area contributed by atoms with Crippen LogP contribution in [0.3, 0.4) is 0 Å². The molecule has 6 heteroatoms. The zero-order valence-corrected chi connectivity index (χ0v) is 22.2. The summed E-state index contributed by atoms with van der Waals surface area (Å²) in [5.41, 5.74) is 5.40. The van der Waals surface area contributed by atoms with E-state index in [4.69, 9.17) is 0 Å². The van der Waals surface area contributed by atoms with Crippen molar-refractivity contribution in [2.45, 2.75) is 46.1 Å². The minimum absolute atomic E-state index is 0.118. The molecule has 0 spiro atoms. The maximum Gasteiger partial charge on any atom is 0.251 e. The first kappa shape index (κ1) is 26.7. The van der Waals surface area contributed by atoms with Gasteiger partial charge in [-0.15, -0.1) is 0 Å². The summed E-state index contributed by atoms with van der Waals surface area (Å²) in [5, 5.41) is 7.80. The highest BCUT2D eigenvalue weighted by Crippen LogP contribution is 2.45. The van der Waals surface area contributed by atoms with Gasteiger partial charge in [-0.25, -0.2) is 9.07 Å². The molecular formula is C32H32FN3O2. The van der Waals surface area contributed by atoms with Crippen LogP contribution in [0.4, 0.5) is 4.39 Å². The number of carbonyl (C=O) groups is 2. The second-order valence-electron chi connectivity index (χ2n) is 9.60. The van der Waals surface area contributed by atoms with E-state index in [0.717, 1.165) is 35.8 Å². The number of nitrogens with one attached hydrogen (secondary N) is 1. The van der Waals surface area contributed by atoms with E-state index in [1.807, 2.05) is 68.5 Å². The molecule has 0 unspecified atom stereocenters. The summed E-state index contributed by atoms with van der Waals surface area (Å²) in [5.74, 6) is -0.450. The largest absolute Gasteiger partial charge is 0.343 e. The van der Waals surface area contributed by atoms with Crippen molar-refractivity contribution in [2.24, 2.45) is 0 Å². The molecule has 1 aromatic heterocycles. The topological polar surface area (TPSA) is 64.0 Å². The zero-order valence-electron chi connectivity index (χ0n) is 22.2. The van der Waals surface area contributed by atoms with Crippen molar-refractivity contribution in [2.75, 3.05) is 0 Å². The predicted molar refractivity (Wildman–Crippen MR) is 152 cm³/mol. The molecule has 1 heterocycles. The van der Waals surface area contributed by atoms with Crippen LogP contribution in [-0.4, -0.2) is 22.0 Å². The van der Waals surface area contributed by atoms with E-state index in [9.17, 15) is 14.0 Å². The molecule has 1 aliphatic rings. The average molecular weight is 510 g/mol. The van der Waals surface area contributed by atoms with Crippen LogP contribution in [0.5, 0.6) is 0 Å². The van der Waals surface area contributed by atoms with Crippen molar-refractivity contribution < 1.29 is 14.0 Å². The average Bonchev–Trinajstić information content (AvgIpc) is 3.61. The van der Waals surface area contributed by atoms with Gasteiger partial charge in [0.1, 0.15) is 0 Å². The molecule has 0 bridgehead atoms. The lowest BCUT2D eigenvalue weighted by atomic mass is 10.0. The molecule has 1 N–H and O–H groups in total. The minimum atomic E-state index is -0.333. The standard InChI is InChI=1S/C32H32FN3O2/c1-5-19-36-29(28(21-37)30(35-36)23(3)11-13-24(4)33)16-15-25-20-26(14-12-22(25)2)31(38)34-32(17-18-32)27-9-7-6-8-10-27/h5-16,19-21H,17-18H2,1-4H3,(H,34,38)/b16-15+,19-5-,23-11+,24-13+. The Balaban J connectivity index is 1.65. The van der Waals surface area contributed by atoms with Crippen LogP contribution in [0.2, 0.25) is 0 Å². The Morgan fingerprint density at radius 1 is 1.08 bits per heavy atom. The first-order chi connectivity index (χ1) is 18.3. The van der Waals surface area contributed by atoms with Crippen LogP contribution >= 0.6 is 0 Å². The van der Waals surface area contributed by atoms with E-state index >= 15 is 0 Å². The van der Waals surface area contributed by atoms with Gasteiger partial charge in [0.15, 0.2) is 6.29 Å². The quantitative estimate of drug-likeness (QED) is 0.242. The van der Waals surface area contributed by atoms with E-state index < -0.39 is 0 Å². The highest BCUT2D eigenvalue weighted by molar-refractivity contribution is 5.96. The zero-order chi connectivity index (χ0) is 27.3. The number of aryl methyl sites for hydroxylation is 1. The van der Waals surface area contributed by atoms with Gasteiger partial charge < -0.3 is 5.32 Å². The summed E-state index contributed by atoms with van der Waals surface area (Å²) < 4.78 is 14.9. The maximum atomic E-state index is 13.3. The lowest BCUT2D eigenvalue weighted by Gasteiger charge is -2.18. The number of benzene rings is 2. The Bertz CT molecular complexity index is 1470. The number of allylic oxidation sites excluding steroid dienone is 5. The Kier molecular flexibility index (Phi) is 8.01. The summed E-state index contributed by atoms with van der Waals surface area (Å²) in [6.07, 6.45) is 12.8. The van der Waals surface area contributed by atoms with Crippen molar-refractivity contribution in [3.8, 4) is 0 Å². The van der Waals surface area contributed by atoms with Crippen LogP contribution in [0.25, 0.3) is 23.9 Å². The molecule has 5 nitrogen and oxygen atoms in total. The van der Waals surface area contributed by atoms with E-state index in [1.54, 1.807) is 23.9 Å². The molecule has 0 aliphatic heterocycles. The van der Waals surface area contributed by atoms with Crippen LogP contribution in [-0.2, 0) is 5.54 Å². The summed E-state index contributed by atoms with van der Waals surface area (Å²) >= 11 is 0. The molecule has 0 radical (unpaired) electrons. The lowest BCUT2D eigenvalue weighted by Crippen LogP contribution is -2.34. The van der Waals surface area contributed by atoms with Gasteiger partial charge in [-0.1, -0.05) is 54.6 Å². The molecule has 0 saturated heterocycles. The normalized spacial score (nSPS) is 15.3. The predicted octanol–water partition coefficient (Wildman–Crippen LogP) is 7.36. The van der Waals surface area contributed by atoms with Crippen LogP contribution in [0, 0.1) is 6.92 Å². The SMILES string of the molecule is C/C=C\n1nc(/C(C)=C/C=C(\C)F)c(C=O)c1/C=C/c1cc(C(=O)NC2(c3ccccc3)CC2)ccc1C. The fourth-order valence-electron chi connectivity index (χ4n) is 4.39. The molecule has 3 aromatic rings. The number of hydrogen-bond acceptors (Lipinski definition) is 3. The highest BCUT2D eigenvalue weighted by atomic mass is 19.1. The molecule has 4 rings (SSSR count). The summed E-state index contributed by atoms with van der Waals surface area (Å²) in [6.45, 7) is 6.99. The Morgan fingerprint density at radius 3 is 2.45 bits per heavy atom. The fraction of sp³-hybridized carbons (Fsp3) is 0.219. The third-order valence-corrected chi connectivity index (χ3v) is 6.72. The van der Waals surface area contributed by atoms with E-state index in [2.05, 4.69) is 22.5 Å². The molecule has 38 heavy (non-hydrogen) atoms. The molecule has 0 atom stereocenters. The third-order valence-electron chi connectivity index (χ3n) is 6.72. The Hall–Kier alpha value is -4.32. The van der Waals surface area contributed by atoms with Gasteiger partial charge >= 0.3 is 0 Å². The van der Waals surface area contributed by atoms with Gasteiger partial charge in [-0.3, -0.25) is 9.59 Å². The van der Waals surface area contributed by atoms with Crippen molar-refractivity contribution in [3.05, 3.63) is 112 Å². The van der Waals surface area contributed by atoms with E-state index in [-0.39, 0.29) is 17.3 Å². The second kappa shape index (κ2) is 11.4. The first-order valence-electron chi connectivity index (χ1n) is 12.7. The van der Waals surface area contributed by atoms with Crippen molar-refractivity contribution in [3.63, 3.8) is 0 Å². The summed E-state index contributed by atoms with van der Waals surface area (Å²) in [4.78, 5) is 25.3. The summed E-state index contributed by atoms with van der Waals surface area (Å²) in [7, 11) is 0. The van der Waals surface area contributed by atoms with Crippen molar-refractivity contribution >= 4 is 36.1 Å². The van der Waals surface area contributed by atoms with E-state index in [0.29, 0.717) is 28.1 Å². The maximum absolute atomic E-state index is 13.3. The first-order valence-corrected chi connectivity index (χ1v) is 12.7. The van der Waals surface area contributed by atoms with Gasteiger partial charge in [0.05, 0.1) is 28.3 Å². The monoisotopic (exact) mass is 509 g/mol. The molecule has 1 saturated carbocycles. The highest BCUT2D eigenvalue weighted by Gasteiger charge is 2.45. The number of aromatic nitrogens is 2. The number of halogens is 1. The Morgan fingerprint density at radius 2 is 1.82 bits per heavy atom. The smallest absolute Gasteiger partial charge is 0.251 e. The van der Waals surface area contributed by atoms with Crippen LogP contribution in [0.15, 0.2) is 72.6 Å². The van der Waals surface area contributed by atoms with Gasteiger partial charge in [-0.05, 0) is 87.1 Å². The van der Waals surface area contributed by atoms with Gasteiger partial charge in [0.25, 0.3) is 5.91 Å². The fourth-order valence-corrected chi connectivity index (χ4v) is 4.39. The molecule has 2 aromatic carbocycles. The molecule has 1 amide bonds. The number of amides is 1. The Labute approximate surface area is 223 Å². The van der Waals surface area contributed by atoms with Gasteiger partial charge in [0.2, 0.25) is 0 Å². The van der Waals surface area contributed by atoms with Gasteiger partial charge in [-0.2, -0.15) is 5.10 Å². The number of hydrogen-bond donors (Lipinski definition) is 1. The number of nitrogens with zero attached hydrogens (tertiary/aromatic N) is 2. The summed E-state index contributed by atoms with van der Waals surface area (Å²) in [6, 6.07) is 15.7. The molecule has 1 aliphatic carbocycles. The molecule has 194 valence electrons. The van der Waals surface area contributed by atoms with E-state index in [1.165, 1.54) is 13.0 Å².